The third-order valence-corrected chi connectivity index (χ3v) is 3.92. The summed E-state index contributed by atoms with van der Waals surface area (Å²) < 4.78 is 7.12. The van der Waals surface area contributed by atoms with Crippen molar-refractivity contribution in [2.75, 3.05) is 6.54 Å². The van der Waals surface area contributed by atoms with Gasteiger partial charge in [0.25, 0.3) is 0 Å². The maximum atomic E-state index is 6.04. The SMILES string of the molecule is CCNC(C)c1cc(C)ccc1OCc1cccc(Br)c1. The Hall–Kier alpha value is -1.32. The van der Waals surface area contributed by atoms with Crippen molar-refractivity contribution >= 4 is 15.9 Å². The van der Waals surface area contributed by atoms with Gasteiger partial charge >= 0.3 is 0 Å². The molecule has 0 aliphatic rings. The lowest BCUT2D eigenvalue weighted by Crippen LogP contribution is -2.18. The van der Waals surface area contributed by atoms with Gasteiger partial charge in [-0.1, -0.05) is 52.7 Å². The van der Waals surface area contributed by atoms with Crippen LogP contribution in [0.15, 0.2) is 46.9 Å². The molecule has 21 heavy (non-hydrogen) atoms. The largest absolute Gasteiger partial charge is 0.489 e. The Morgan fingerprint density at radius 1 is 1.19 bits per heavy atom. The number of benzene rings is 2. The second-order valence-corrected chi connectivity index (χ2v) is 6.15. The molecule has 0 spiro atoms. The predicted molar refractivity (Wildman–Crippen MR) is 91.7 cm³/mol. The van der Waals surface area contributed by atoms with Crippen molar-refractivity contribution in [1.29, 1.82) is 0 Å². The summed E-state index contributed by atoms with van der Waals surface area (Å²) in [5.41, 5.74) is 3.63. The van der Waals surface area contributed by atoms with Gasteiger partial charge in [0.1, 0.15) is 12.4 Å². The minimum atomic E-state index is 0.285. The molecule has 0 amide bonds. The van der Waals surface area contributed by atoms with Gasteiger partial charge in [0.2, 0.25) is 0 Å². The third kappa shape index (κ3) is 4.58. The third-order valence-electron chi connectivity index (χ3n) is 3.43. The summed E-state index contributed by atoms with van der Waals surface area (Å²) in [7, 11) is 0. The predicted octanol–water partition coefficient (Wildman–Crippen LogP) is 5.01. The van der Waals surface area contributed by atoms with Crippen LogP contribution in [0.1, 0.15) is 36.6 Å². The maximum Gasteiger partial charge on any atom is 0.124 e. The zero-order chi connectivity index (χ0) is 15.2. The molecule has 3 heteroatoms. The van der Waals surface area contributed by atoms with E-state index in [4.69, 9.17) is 4.74 Å². The first-order chi connectivity index (χ1) is 10.1. The zero-order valence-electron chi connectivity index (χ0n) is 12.8. The van der Waals surface area contributed by atoms with E-state index in [1.807, 2.05) is 12.1 Å². The molecule has 0 saturated heterocycles. The molecule has 0 radical (unpaired) electrons. The van der Waals surface area contributed by atoms with E-state index in [0.29, 0.717) is 6.61 Å². The minimum absolute atomic E-state index is 0.285. The van der Waals surface area contributed by atoms with Crippen LogP contribution in [-0.2, 0) is 6.61 Å². The highest BCUT2D eigenvalue weighted by Crippen LogP contribution is 2.27. The summed E-state index contributed by atoms with van der Waals surface area (Å²) in [5.74, 6) is 0.953. The Labute approximate surface area is 135 Å². The van der Waals surface area contributed by atoms with Crippen LogP contribution in [0, 0.1) is 6.92 Å². The zero-order valence-corrected chi connectivity index (χ0v) is 14.4. The molecule has 1 unspecified atom stereocenters. The van der Waals surface area contributed by atoms with Crippen LogP contribution in [0.25, 0.3) is 0 Å². The van der Waals surface area contributed by atoms with E-state index in [1.165, 1.54) is 11.1 Å². The van der Waals surface area contributed by atoms with E-state index >= 15 is 0 Å². The molecule has 0 aliphatic carbocycles. The fraction of sp³-hybridized carbons (Fsp3) is 0.333. The molecule has 2 nitrogen and oxygen atoms in total. The quantitative estimate of drug-likeness (QED) is 0.793. The van der Waals surface area contributed by atoms with E-state index in [0.717, 1.165) is 22.3 Å². The van der Waals surface area contributed by atoms with Crippen LogP contribution in [-0.4, -0.2) is 6.54 Å². The fourth-order valence-electron chi connectivity index (χ4n) is 2.34. The number of rotatable bonds is 6. The summed E-state index contributed by atoms with van der Waals surface area (Å²) in [4.78, 5) is 0. The number of ether oxygens (including phenoxy) is 1. The molecule has 0 bridgehead atoms. The molecule has 0 aliphatic heterocycles. The van der Waals surface area contributed by atoms with Gasteiger partial charge in [-0.25, -0.2) is 0 Å². The second kappa shape index (κ2) is 7.62. The van der Waals surface area contributed by atoms with Gasteiger partial charge in [0.05, 0.1) is 0 Å². The number of aryl methyl sites for hydroxylation is 1. The summed E-state index contributed by atoms with van der Waals surface area (Å²) in [6.45, 7) is 7.92. The molecule has 0 aromatic heterocycles. The van der Waals surface area contributed by atoms with Gasteiger partial charge in [-0.2, -0.15) is 0 Å². The summed E-state index contributed by atoms with van der Waals surface area (Å²) in [6, 6.07) is 14.9. The Morgan fingerprint density at radius 2 is 2.00 bits per heavy atom. The van der Waals surface area contributed by atoms with E-state index in [2.05, 4.69) is 72.3 Å². The van der Waals surface area contributed by atoms with Crippen LogP contribution < -0.4 is 10.1 Å². The molecule has 2 rings (SSSR count). The van der Waals surface area contributed by atoms with Crippen molar-refractivity contribution in [3.05, 3.63) is 63.6 Å². The smallest absolute Gasteiger partial charge is 0.124 e. The average Bonchev–Trinajstić information content (AvgIpc) is 2.46. The maximum absolute atomic E-state index is 6.04. The first-order valence-corrected chi connectivity index (χ1v) is 8.10. The Kier molecular flexibility index (Phi) is 5.83. The summed E-state index contributed by atoms with van der Waals surface area (Å²) >= 11 is 3.49. The molecular formula is C18H22BrNO. The highest BCUT2D eigenvalue weighted by atomic mass is 79.9. The lowest BCUT2D eigenvalue weighted by molar-refractivity contribution is 0.299. The number of hydrogen-bond donors (Lipinski definition) is 1. The Balaban J connectivity index is 2.15. The number of halogens is 1. The minimum Gasteiger partial charge on any atom is -0.489 e. The monoisotopic (exact) mass is 347 g/mol. The molecule has 0 saturated carbocycles. The van der Waals surface area contributed by atoms with Crippen molar-refractivity contribution in [2.24, 2.45) is 0 Å². The van der Waals surface area contributed by atoms with Crippen molar-refractivity contribution in [1.82, 2.24) is 5.32 Å². The van der Waals surface area contributed by atoms with Crippen molar-refractivity contribution in [2.45, 2.75) is 33.4 Å². The van der Waals surface area contributed by atoms with Gasteiger partial charge in [-0.05, 0) is 44.2 Å². The lowest BCUT2D eigenvalue weighted by atomic mass is 10.0. The van der Waals surface area contributed by atoms with Crippen molar-refractivity contribution in [3.63, 3.8) is 0 Å². The topological polar surface area (TPSA) is 21.3 Å². The molecule has 2 aromatic carbocycles. The van der Waals surface area contributed by atoms with Crippen LogP contribution in [0.5, 0.6) is 5.75 Å². The first-order valence-electron chi connectivity index (χ1n) is 7.31. The van der Waals surface area contributed by atoms with Gasteiger partial charge < -0.3 is 10.1 Å². The lowest BCUT2D eigenvalue weighted by Gasteiger charge is -2.18. The molecule has 0 heterocycles. The highest BCUT2D eigenvalue weighted by Gasteiger charge is 2.11. The number of hydrogen-bond acceptors (Lipinski definition) is 2. The molecule has 1 atom stereocenters. The Bertz CT molecular complexity index is 598. The first kappa shape index (κ1) is 16.1. The van der Waals surface area contributed by atoms with Gasteiger partial charge in [-0.15, -0.1) is 0 Å². The van der Waals surface area contributed by atoms with Crippen LogP contribution in [0.3, 0.4) is 0 Å². The Morgan fingerprint density at radius 3 is 2.71 bits per heavy atom. The molecule has 112 valence electrons. The van der Waals surface area contributed by atoms with Crippen LogP contribution in [0.4, 0.5) is 0 Å². The average molecular weight is 348 g/mol. The van der Waals surface area contributed by atoms with E-state index in [1.54, 1.807) is 0 Å². The second-order valence-electron chi connectivity index (χ2n) is 5.24. The van der Waals surface area contributed by atoms with Gasteiger partial charge in [0.15, 0.2) is 0 Å². The van der Waals surface area contributed by atoms with Crippen LogP contribution >= 0.6 is 15.9 Å². The highest BCUT2D eigenvalue weighted by molar-refractivity contribution is 9.10. The van der Waals surface area contributed by atoms with E-state index in [9.17, 15) is 0 Å². The fourth-order valence-corrected chi connectivity index (χ4v) is 2.79. The van der Waals surface area contributed by atoms with E-state index < -0.39 is 0 Å². The van der Waals surface area contributed by atoms with E-state index in [-0.39, 0.29) is 6.04 Å². The van der Waals surface area contributed by atoms with Crippen molar-refractivity contribution in [3.8, 4) is 5.75 Å². The van der Waals surface area contributed by atoms with Crippen molar-refractivity contribution < 1.29 is 4.74 Å². The molecule has 1 N–H and O–H groups in total. The summed E-state index contributed by atoms with van der Waals surface area (Å²) in [6.07, 6.45) is 0. The van der Waals surface area contributed by atoms with Crippen LogP contribution in [0.2, 0.25) is 0 Å². The van der Waals surface area contributed by atoms with Gasteiger partial charge in [0, 0.05) is 16.1 Å². The molecule has 2 aromatic rings. The normalized spacial score (nSPS) is 12.2. The number of nitrogens with one attached hydrogen (secondary N) is 1. The molecule has 0 fully saturated rings. The summed E-state index contributed by atoms with van der Waals surface area (Å²) in [5, 5.41) is 3.45. The standard InChI is InChI=1S/C18H22BrNO/c1-4-20-14(3)17-10-13(2)8-9-18(17)21-12-15-6-5-7-16(19)11-15/h5-11,14,20H,4,12H2,1-3H3. The molecular weight excluding hydrogens is 326 g/mol. The van der Waals surface area contributed by atoms with Gasteiger partial charge in [-0.3, -0.25) is 0 Å².